The SMILES string of the molecule is CNC(=O)c1cc(C)ccc1NC(=O)CC(C)C1CCNCC1.Cl. The van der Waals surface area contributed by atoms with Crippen molar-refractivity contribution in [3.8, 4) is 0 Å². The topological polar surface area (TPSA) is 70.2 Å². The number of halogens is 1. The Kier molecular flexibility index (Phi) is 8.22. The summed E-state index contributed by atoms with van der Waals surface area (Å²) in [5, 5.41) is 8.87. The van der Waals surface area contributed by atoms with Crippen molar-refractivity contribution in [2.45, 2.75) is 33.1 Å². The first-order chi connectivity index (χ1) is 11.0. The van der Waals surface area contributed by atoms with Crippen LogP contribution in [-0.4, -0.2) is 32.0 Å². The van der Waals surface area contributed by atoms with E-state index in [1.165, 1.54) is 0 Å². The Hall–Kier alpha value is -1.59. The van der Waals surface area contributed by atoms with Crippen LogP contribution in [0.5, 0.6) is 0 Å². The number of carbonyl (C=O) groups is 2. The Bertz CT molecular complexity index is 571. The molecule has 0 radical (unpaired) electrons. The van der Waals surface area contributed by atoms with Crippen molar-refractivity contribution < 1.29 is 9.59 Å². The molecule has 2 rings (SSSR count). The van der Waals surface area contributed by atoms with Crippen molar-refractivity contribution in [1.82, 2.24) is 10.6 Å². The molecule has 0 bridgehead atoms. The lowest BCUT2D eigenvalue weighted by molar-refractivity contribution is -0.117. The number of amides is 2. The molecular formula is C18H28ClN3O2. The van der Waals surface area contributed by atoms with Crippen LogP contribution in [0.4, 0.5) is 5.69 Å². The molecule has 3 N–H and O–H groups in total. The molecule has 1 aromatic carbocycles. The first kappa shape index (κ1) is 20.5. The molecule has 134 valence electrons. The molecule has 1 aromatic rings. The lowest BCUT2D eigenvalue weighted by Gasteiger charge is -2.28. The summed E-state index contributed by atoms with van der Waals surface area (Å²) < 4.78 is 0. The smallest absolute Gasteiger partial charge is 0.253 e. The fraction of sp³-hybridized carbons (Fsp3) is 0.556. The second-order valence-electron chi connectivity index (χ2n) is 6.45. The summed E-state index contributed by atoms with van der Waals surface area (Å²) in [6.07, 6.45) is 2.75. The van der Waals surface area contributed by atoms with E-state index in [4.69, 9.17) is 0 Å². The van der Waals surface area contributed by atoms with Gasteiger partial charge in [0, 0.05) is 13.5 Å². The number of hydrogen-bond donors (Lipinski definition) is 3. The molecule has 24 heavy (non-hydrogen) atoms. The zero-order chi connectivity index (χ0) is 16.8. The molecule has 1 heterocycles. The minimum absolute atomic E-state index is 0. The Morgan fingerprint density at radius 1 is 1.29 bits per heavy atom. The molecular weight excluding hydrogens is 326 g/mol. The van der Waals surface area contributed by atoms with E-state index in [1.54, 1.807) is 19.2 Å². The number of hydrogen-bond acceptors (Lipinski definition) is 3. The van der Waals surface area contributed by atoms with Crippen LogP contribution in [0.25, 0.3) is 0 Å². The summed E-state index contributed by atoms with van der Waals surface area (Å²) in [6, 6.07) is 5.50. The van der Waals surface area contributed by atoms with Crippen LogP contribution in [0.3, 0.4) is 0 Å². The highest BCUT2D eigenvalue weighted by molar-refractivity contribution is 6.03. The normalized spacial score (nSPS) is 16.0. The number of nitrogens with one attached hydrogen (secondary N) is 3. The van der Waals surface area contributed by atoms with Gasteiger partial charge in [-0.3, -0.25) is 9.59 Å². The van der Waals surface area contributed by atoms with Gasteiger partial charge in [0.25, 0.3) is 5.91 Å². The predicted molar refractivity (Wildman–Crippen MR) is 99.8 cm³/mol. The Morgan fingerprint density at radius 3 is 2.58 bits per heavy atom. The second kappa shape index (κ2) is 9.64. The number of benzene rings is 1. The molecule has 1 aliphatic rings. The van der Waals surface area contributed by atoms with E-state index in [9.17, 15) is 9.59 Å². The summed E-state index contributed by atoms with van der Waals surface area (Å²) in [5.74, 6) is 0.741. The van der Waals surface area contributed by atoms with Crippen LogP contribution in [0.15, 0.2) is 18.2 Å². The third-order valence-electron chi connectivity index (χ3n) is 4.62. The third-order valence-corrected chi connectivity index (χ3v) is 4.62. The largest absolute Gasteiger partial charge is 0.355 e. The van der Waals surface area contributed by atoms with Gasteiger partial charge in [-0.15, -0.1) is 12.4 Å². The molecule has 1 fully saturated rings. The summed E-state index contributed by atoms with van der Waals surface area (Å²) >= 11 is 0. The van der Waals surface area contributed by atoms with Gasteiger partial charge in [-0.1, -0.05) is 18.6 Å². The van der Waals surface area contributed by atoms with E-state index < -0.39 is 0 Å². The zero-order valence-corrected chi connectivity index (χ0v) is 15.5. The van der Waals surface area contributed by atoms with Crippen molar-refractivity contribution >= 4 is 29.9 Å². The molecule has 1 aliphatic heterocycles. The average Bonchev–Trinajstić information content (AvgIpc) is 2.56. The monoisotopic (exact) mass is 353 g/mol. The Morgan fingerprint density at radius 2 is 1.96 bits per heavy atom. The van der Waals surface area contributed by atoms with Crippen molar-refractivity contribution in [2.75, 3.05) is 25.5 Å². The average molecular weight is 354 g/mol. The van der Waals surface area contributed by atoms with Crippen molar-refractivity contribution in [2.24, 2.45) is 11.8 Å². The van der Waals surface area contributed by atoms with Crippen molar-refractivity contribution in [3.05, 3.63) is 29.3 Å². The molecule has 2 amide bonds. The fourth-order valence-electron chi connectivity index (χ4n) is 3.16. The van der Waals surface area contributed by atoms with Gasteiger partial charge in [-0.05, 0) is 56.8 Å². The van der Waals surface area contributed by atoms with E-state index in [0.717, 1.165) is 31.5 Å². The maximum atomic E-state index is 12.4. The maximum Gasteiger partial charge on any atom is 0.253 e. The summed E-state index contributed by atoms with van der Waals surface area (Å²) in [6.45, 7) is 6.15. The van der Waals surface area contributed by atoms with Crippen LogP contribution < -0.4 is 16.0 Å². The second-order valence-corrected chi connectivity index (χ2v) is 6.45. The number of piperidine rings is 1. The number of rotatable bonds is 5. The molecule has 1 unspecified atom stereocenters. The van der Waals surface area contributed by atoms with Crippen LogP contribution >= 0.6 is 12.4 Å². The highest BCUT2D eigenvalue weighted by Gasteiger charge is 2.22. The quantitative estimate of drug-likeness (QED) is 0.762. The predicted octanol–water partition coefficient (Wildman–Crippen LogP) is 2.74. The minimum atomic E-state index is -0.185. The van der Waals surface area contributed by atoms with E-state index in [-0.39, 0.29) is 24.2 Å². The van der Waals surface area contributed by atoms with Crippen LogP contribution in [0, 0.1) is 18.8 Å². The van der Waals surface area contributed by atoms with Gasteiger partial charge in [0.2, 0.25) is 5.91 Å². The molecule has 0 spiro atoms. The van der Waals surface area contributed by atoms with Crippen molar-refractivity contribution in [1.29, 1.82) is 0 Å². The summed E-state index contributed by atoms with van der Waals surface area (Å²) in [4.78, 5) is 24.3. The Balaban J connectivity index is 0.00000288. The van der Waals surface area contributed by atoms with Crippen molar-refractivity contribution in [3.63, 3.8) is 0 Å². The number of aryl methyl sites for hydroxylation is 1. The molecule has 1 atom stereocenters. The summed E-state index contributed by atoms with van der Waals surface area (Å²) in [5.41, 5.74) is 2.08. The van der Waals surface area contributed by atoms with E-state index in [2.05, 4.69) is 22.9 Å². The lowest BCUT2D eigenvalue weighted by Crippen LogP contribution is -2.32. The van der Waals surface area contributed by atoms with Gasteiger partial charge >= 0.3 is 0 Å². The van der Waals surface area contributed by atoms with Gasteiger partial charge < -0.3 is 16.0 Å². The van der Waals surface area contributed by atoms with E-state index in [1.807, 2.05) is 13.0 Å². The molecule has 6 heteroatoms. The van der Waals surface area contributed by atoms with Gasteiger partial charge in [0.1, 0.15) is 0 Å². The lowest BCUT2D eigenvalue weighted by atomic mass is 9.84. The van der Waals surface area contributed by atoms with Gasteiger partial charge in [0.05, 0.1) is 11.3 Å². The van der Waals surface area contributed by atoms with Gasteiger partial charge in [0.15, 0.2) is 0 Å². The molecule has 1 saturated heterocycles. The molecule has 0 aromatic heterocycles. The molecule has 0 aliphatic carbocycles. The van der Waals surface area contributed by atoms with Crippen LogP contribution in [0.1, 0.15) is 42.1 Å². The number of carbonyl (C=O) groups excluding carboxylic acids is 2. The third kappa shape index (κ3) is 5.49. The number of anilines is 1. The first-order valence-electron chi connectivity index (χ1n) is 8.34. The molecule has 5 nitrogen and oxygen atoms in total. The first-order valence-corrected chi connectivity index (χ1v) is 8.34. The highest BCUT2D eigenvalue weighted by atomic mass is 35.5. The minimum Gasteiger partial charge on any atom is -0.355 e. The maximum absolute atomic E-state index is 12.4. The Labute approximate surface area is 150 Å². The zero-order valence-electron chi connectivity index (χ0n) is 14.6. The molecule has 0 saturated carbocycles. The van der Waals surface area contributed by atoms with Gasteiger partial charge in [-0.25, -0.2) is 0 Å². The van der Waals surface area contributed by atoms with E-state index in [0.29, 0.717) is 29.5 Å². The summed E-state index contributed by atoms with van der Waals surface area (Å²) in [7, 11) is 1.59. The van der Waals surface area contributed by atoms with Crippen LogP contribution in [-0.2, 0) is 4.79 Å². The van der Waals surface area contributed by atoms with Crippen LogP contribution in [0.2, 0.25) is 0 Å². The highest BCUT2D eigenvalue weighted by Crippen LogP contribution is 2.25. The van der Waals surface area contributed by atoms with Gasteiger partial charge in [-0.2, -0.15) is 0 Å². The fourth-order valence-corrected chi connectivity index (χ4v) is 3.16. The standard InChI is InChI=1S/C18H27N3O2.ClH/c1-12-4-5-16(15(10-12)18(23)19-3)21-17(22)11-13(2)14-6-8-20-9-7-14;/h4-5,10,13-14,20H,6-9,11H2,1-3H3,(H,19,23)(H,21,22);1H. The van der Waals surface area contributed by atoms with E-state index >= 15 is 0 Å².